The molecule has 2 saturated heterocycles. The summed E-state index contributed by atoms with van der Waals surface area (Å²) in [6.45, 7) is 2.40. The van der Waals surface area contributed by atoms with Gasteiger partial charge in [0.2, 0.25) is 0 Å². The Labute approximate surface area is 174 Å². The van der Waals surface area contributed by atoms with Crippen molar-refractivity contribution in [1.82, 2.24) is 4.98 Å². The van der Waals surface area contributed by atoms with E-state index < -0.39 is 0 Å². The van der Waals surface area contributed by atoms with Crippen LogP contribution in [0.3, 0.4) is 0 Å². The predicted octanol–water partition coefficient (Wildman–Crippen LogP) is 5.58. The summed E-state index contributed by atoms with van der Waals surface area (Å²) in [5, 5.41) is 0. The highest BCUT2D eigenvalue weighted by Crippen LogP contribution is 2.48. The van der Waals surface area contributed by atoms with Crippen molar-refractivity contribution >= 4 is 0 Å². The fraction of sp³-hybridized carbons (Fsp3) is 0.577. The highest BCUT2D eigenvalue weighted by atomic mass is 16.6. The van der Waals surface area contributed by atoms with Crippen molar-refractivity contribution in [1.29, 1.82) is 0 Å². The lowest BCUT2D eigenvalue weighted by Crippen LogP contribution is -2.48. The first kappa shape index (κ1) is 19.3. The molecule has 1 aromatic carbocycles. The number of ether oxygens (including phenoxy) is 2. The maximum absolute atomic E-state index is 6.29. The lowest BCUT2D eigenvalue weighted by atomic mass is 9.67. The molecule has 3 nitrogen and oxygen atoms in total. The van der Waals surface area contributed by atoms with E-state index in [1.807, 2.05) is 12.3 Å². The average Bonchev–Trinajstić information content (AvgIpc) is 3.22. The van der Waals surface area contributed by atoms with Gasteiger partial charge in [-0.2, -0.15) is 0 Å². The third-order valence-corrected chi connectivity index (χ3v) is 7.63. The molecule has 1 aromatic heterocycles. The van der Waals surface area contributed by atoms with Gasteiger partial charge in [-0.3, -0.25) is 4.98 Å². The second-order valence-corrected chi connectivity index (χ2v) is 9.44. The summed E-state index contributed by atoms with van der Waals surface area (Å²) >= 11 is 0. The van der Waals surface area contributed by atoms with Crippen LogP contribution < -0.4 is 0 Å². The predicted molar refractivity (Wildman–Crippen MR) is 115 cm³/mol. The van der Waals surface area contributed by atoms with Gasteiger partial charge in [0.05, 0.1) is 12.2 Å². The molecule has 3 atom stereocenters. The molecule has 0 N–H and O–H groups in total. The molecule has 2 aliphatic heterocycles. The van der Waals surface area contributed by atoms with Crippen LogP contribution in [0.5, 0.6) is 0 Å². The first-order valence-electron chi connectivity index (χ1n) is 11.5. The number of rotatable bonds is 5. The molecule has 2 aromatic rings. The molecular weight excluding hydrogens is 358 g/mol. The van der Waals surface area contributed by atoms with Crippen molar-refractivity contribution in [2.24, 2.45) is 0 Å². The van der Waals surface area contributed by atoms with Gasteiger partial charge in [0.25, 0.3) is 0 Å². The summed E-state index contributed by atoms with van der Waals surface area (Å²) in [6, 6.07) is 15.5. The van der Waals surface area contributed by atoms with Crippen molar-refractivity contribution in [3.05, 3.63) is 65.5 Å². The van der Waals surface area contributed by atoms with E-state index in [2.05, 4.69) is 36.4 Å². The molecule has 1 aliphatic carbocycles. The third-order valence-electron chi connectivity index (χ3n) is 7.63. The molecule has 0 radical (unpaired) electrons. The molecule has 0 bridgehead atoms. The summed E-state index contributed by atoms with van der Waals surface area (Å²) in [4.78, 5) is 4.83. The molecule has 3 heteroatoms. The van der Waals surface area contributed by atoms with Gasteiger partial charge in [-0.15, -0.1) is 0 Å². The molecule has 0 amide bonds. The van der Waals surface area contributed by atoms with E-state index in [0.29, 0.717) is 0 Å². The van der Waals surface area contributed by atoms with Crippen LogP contribution in [0, 0.1) is 0 Å². The molecule has 5 rings (SSSR count). The van der Waals surface area contributed by atoms with Crippen molar-refractivity contribution < 1.29 is 9.47 Å². The lowest BCUT2D eigenvalue weighted by molar-refractivity contribution is -0.109. The number of pyridine rings is 1. The summed E-state index contributed by atoms with van der Waals surface area (Å²) in [7, 11) is 0. The van der Waals surface area contributed by atoms with Crippen LogP contribution in [0.25, 0.3) is 0 Å². The average molecular weight is 392 g/mol. The van der Waals surface area contributed by atoms with Gasteiger partial charge in [-0.25, -0.2) is 0 Å². The van der Waals surface area contributed by atoms with Crippen molar-refractivity contribution in [3.63, 3.8) is 0 Å². The van der Waals surface area contributed by atoms with Crippen molar-refractivity contribution in [2.45, 2.75) is 74.7 Å². The Kier molecular flexibility index (Phi) is 5.45. The number of hydrogen-bond acceptors (Lipinski definition) is 3. The van der Waals surface area contributed by atoms with Gasteiger partial charge in [0.1, 0.15) is 0 Å². The zero-order valence-corrected chi connectivity index (χ0v) is 17.4. The van der Waals surface area contributed by atoms with Crippen LogP contribution in [0.15, 0.2) is 48.7 Å². The Balaban J connectivity index is 1.34. The van der Waals surface area contributed by atoms with E-state index in [4.69, 9.17) is 14.5 Å². The van der Waals surface area contributed by atoms with Crippen LogP contribution in [0.1, 0.15) is 74.1 Å². The van der Waals surface area contributed by atoms with E-state index in [1.54, 1.807) is 11.1 Å². The minimum Gasteiger partial charge on any atom is -0.378 e. The smallest absolute Gasteiger partial charge is 0.0945 e. The Morgan fingerprint density at radius 1 is 1.03 bits per heavy atom. The quantitative estimate of drug-likeness (QED) is 0.667. The Morgan fingerprint density at radius 2 is 1.97 bits per heavy atom. The number of nitrogens with zero attached hydrogens (tertiary/aromatic N) is 1. The van der Waals surface area contributed by atoms with Crippen LogP contribution >= 0.6 is 0 Å². The highest BCUT2D eigenvalue weighted by Gasteiger charge is 2.49. The molecule has 2 fully saturated rings. The maximum atomic E-state index is 6.29. The van der Waals surface area contributed by atoms with Crippen molar-refractivity contribution in [2.75, 3.05) is 19.8 Å². The van der Waals surface area contributed by atoms with E-state index in [-0.39, 0.29) is 11.0 Å². The Hall–Kier alpha value is -1.71. The standard InChI is InChI=1S/C26H33NO2/c1-2-11-23-21(7-1)8-5-9-22(23)10-6-13-25(24-12-3-4-16-27-24)14-18-29-26(19-25)15-17-28-20-26/h1-4,7,11-12,16,22H,5-6,8-10,13-15,17-20H2/t22-,25-,26-/m1/s1. The van der Waals surface area contributed by atoms with Crippen molar-refractivity contribution in [3.8, 4) is 0 Å². The minimum absolute atomic E-state index is 0.0901. The Morgan fingerprint density at radius 3 is 2.83 bits per heavy atom. The number of fused-ring (bicyclic) bond motifs is 1. The molecule has 0 unspecified atom stereocenters. The molecule has 154 valence electrons. The van der Waals surface area contributed by atoms with Gasteiger partial charge in [0.15, 0.2) is 0 Å². The monoisotopic (exact) mass is 391 g/mol. The first-order chi connectivity index (χ1) is 14.3. The van der Waals surface area contributed by atoms with Gasteiger partial charge in [-0.05, 0) is 74.1 Å². The zero-order valence-electron chi connectivity index (χ0n) is 17.4. The van der Waals surface area contributed by atoms with E-state index in [1.165, 1.54) is 44.2 Å². The van der Waals surface area contributed by atoms with Gasteiger partial charge >= 0.3 is 0 Å². The maximum Gasteiger partial charge on any atom is 0.0945 e. The first-order valence-corrected chi connectivity index (χ1v) is 11.5. The summed E-state index contributed by atoms with van der Waals surface area (Å²) < 4.78 is 12.1. The molecule has 0 saturated carbocycles. The Bertz CT molecular complexity index is 814. The number of aromatic nitrogens is 1. The van der Waals surface area contributed by atoms with Crippen LogP contribution in [0.2, 0.25) is 0 Å². The highest BCUT2D eigenvalue weighted by molar-refractivity contribution is 5.32. The summed E-state index contributed by atoms with van der Waals surface area (Å²) in [5.74, 6) is 0.726. The normalized spacial score (nSPS) is 31.7. The van der Waals surface area contributed by atoms with E-state index >= 15 is 0 Å². The summed E-state index contributed by atoms with van der Waals surface area (Å²) in [5.41, 5.74) is 4.49. The third kappa shape index (κ3) is 3.87. The number of benzene rings is 1. The lowest BCUT2D eigenvalue weighted by Gasteiger charge is -2.46. The van der Waals surface area contributed by atoms with Gasteiger partial charge < -0.3 is 9.47 Å². The zero-order chi connectivity index (χ0) is 19.6. The van der Waals surface area contributed by atoms with Crippen LogP contribution in [0.4, 0.5) is 0 Å². The fourth-order valence-electron chi connectivity index (χ4n) is 6.14. The van der Waals surface area contributed by atoms with E-state index in [9.17, 15) is 0 Å². The fourth-order valence-corrected chi connectivity index (χ4v) is 6.14. The molecule has 29 heavy (non-hydrogen) atoms. The molecular formula is C26H33NO2. The second-order valence-electron chi connectivity index (χ2n) is 9.44. The number of aryl methyl sites for hydroxylation is 1. The minimum atomic E-state index is -0.0901. The number of hydrogen-bond donors (Lipinski definition) is 0. The topological polar surface area (TPSA) is 31.4 Å². The molecule has 1 spiro atoms. The van der Waals surface area contributed by atoms with E-state index in [0.717, 1.165) is 45.0 Å². The summed E-state index contributed by atoms with van der Waals surface area (Å²) in [6.07, 6.45) is 12.8. The molecule has 3 aliphatic rings. The van der Waals surface area contributed by atoms with Gasteiger partial charge in [-0.1, -0.05) is 36.8 Å². The van der Waals surface area contributed by atoms with Crippen LogP contribution in [-0.2, 0) is 21.3 Å². The largest absolute Gasteiger partial charge is 0.378 e. The SMILES string of the molecule is c1ccc([C@]2(CCC[C@H]3CCCc4ccccc43)CCO[C@]3(CCOC3)C2)nc1. The van der Waals surface area contributed by atoms with Gasteiger partial charge in [0, 0.05) is 36.9 Å². The molecule has 3 heterocycles. The van der Waals surface area contributed by atoms with Crippen LogP contribution in [-0.4, -0.2) is 30.4 Å². The second kappa shape index (κ2) is 8.20.